The molecule has 0 spiro atoms. The Morgan fingerprint density at radius 2 is 1.72 bits per heavy atom. The Kier molecular flexibility index (Phi) is 5.93. The summed E-state index contributed by atoms with van der Waals surface area (Å²) in [7, 11) is 0. The van der Waals surface area contributed by atoms with E-state index in [0.717, 1.165) is 0 Å². The van der Waals surface area contributed by atoms with Crippen LogP contribution in [0.3, 0.4) is 0 Å². The van der Waals surface area contributed by atoms with Gasteiger partial charge in [-0.25, -0.2) is 0 Å². The van der Waals surface area contributed by atoms with Gasteiger partial charge in [0, 0.05) is 0 Å². The van der Waals surface area contributed by atoms with Crippen LogP contribution in [0.4, 0.5) is 0 Å². The van der Waals surface area contributed by atoms with Crippen LogP contribution in [0.15, 0.2) is 55.1 Å². The third-order valence-corrected chi connectivity index (χ3v) is 2.59. The highest BCUT2D eigenvalue weighted by molar-refractivity contribution is 5.91. The quantitative estimate of drug-likeness (QED) is 0.583. The van der Waals surface area contributed by atoms with Crippen molar-refractivity contribution in [2.75, 3.05) is 0 Å². The molecule has 0 unspecified atom stereocenters. The lowest BCUT2D eigenvalue weighted by Crippen LogP contribution is -1.83. The molecule has 2 aromatic rings. The fourth-order valence-electron chi connectivity index (χ4n) is 1.79. The van der Waals surface area contributed by atoms with E-state index < -0.39 is 0 Å². The monoisotopic (exact) mass is 238 g/mol. The average Bonchev–Trinajstić information content (AvgIpc) is 2.39. The summed E-state index contributed by atoms with van der Waals surface area (Å²) in [6, 6.07) is 12.8. The molecule has 0 aliphatic carbocycles. The molecule has 94 valence electrons. The van der Waals surface area contributed by atoms with Crippen molar-refractivity contribution >= 4 is 16.8 Å². The molecule has 0 saturated heterocycles. The minimum Gasteiger partial charge on any atom is -0.0991 e. The lowest BCUT2D eigenvalue weighted by Gasteiger charge is -2.05. The van der Waals surface area contributed by atoms with Crippen LogP contribution < -0.4 is 0 Å². The number of fused-ring (bicyclic) bond motifs is 1. The number of hydrogen-bond acceptors (Lipinski definition) is 0. The maximum Gasteiger partial charge on any atom is -0.0109 e. The first-order chi connectivity index (χ1) is 8.74. The van der Waals surface area contributed by atoms with E-state index in [0.29, 0.717) is 0 Å². The van der Waals surface area contributed by atoms with Crippen molar-refractivity contribution < 1.29 is 0 Å². The molecule has 0 nitrogen and oxygen atoms in total. The Bertz CT molecular complexity index is 533. The second-order valence-corrected chi connectivity index (χ2v) is 4.32. The molecule has 0 radical (unpaired) electrons. The van der Waals surface area contributed by atoms with Crippen molar-refractivity contribution in [1.29, 1.82) is 0 Å². The predicted molar refractivity (Wildman–Crippen MR) is 83.9 cm³/mol. The zero-order valence-corrected chi connectivity index (χ0v) is 11.6. The highest BCUT2D eigenvalue weighted by atomic mass is 14.0. The van der Waals surface area contributed by atoms with Crippen molar-refractivity contribution in [2.24, 2.45) is 0 Å². The average molecular weight is 238 g/mol. The van der Waals surface area contributed by atoms with Crippen LogP contribution in [-0.4, -0.2) is 0 Å². The van der Waals surface area contributed by atoms with Crippen LogP contribution in [-0.2, 0) is 0 Å². The van der Waals surface area contributed by atoms with Crippen molar-refractivity contribution in [3.63, 3.8) is 0 Å². The molecule has 18 heavy (non-hydrogen) atoms. The van der Waals surface area contributed by atoms with Gasteiger partial charge in [0.15, 0.2) is 0 Å². The molecule has 0 bridgehead atoms. The second kappa shape index (κ2) is 7.50. The summed E-state index contributed by atoms with van der Waals surface area (Å²) in [5, 5.41) is 2.59. The third kappa shape index (κ3) is 3.59. The van der Waals surface area contributed by atoms with Gasteiger partial charge in [-0.2, -0.15) is 0 Å². The summed E-state index contributed by atoms with van der Waals surface area (Å²) < 4.78 is 0. The molecule has 0 N–H and O–H groups in total. The van der Waals surface area contributed by atoms with Crippen LogP contribution in [0.25, 0.3) is 16.8 Å². The molecule has 0 heteroatoms. The lowest BCUT2D eigenvalue weighted by molar-refractivity contribution is 1.09. The zero-order valence-electron chi connectivity index (χ0n) is 11.6. The summed E-state index contributed by atoms with van der Waals surface area (Å²) in [5.41, 5.74) is 2.58. The standard InChI is InChI=1S/C15H14.C3H8/c1-3-4-8-14-12(2)10-11-13-7-5-6-9-15(13)14;1-3-2/h3-11H,1H2,2H3;3H2,1-2H3/b8-4-;. The maximum absolute atomic E-state index is 3.70. The van der Waals surface area contributed by atoms with Crippen molar-refractivity contribution in [3.8, 4) is 0 Å². The van der Waals surface area contributed by atoms with Crippen LogP contribution in [0, 0.1) is 6.92 Å². The van der Waals surface area contributed by atoms with Gasteiger partial charge in [0.2, 0.25) is 0 Å². The molecule has 0 aromatic heterocycles. The molecular weight excluding hydrogens is 216 g/mol. The first-order valence-corrected chi connectivity index (χ1v) is 6.52. The number of aryl methyl sites for hydroxylation is 1. The van der Waals surface area contributed by atoms with E-state index in [1.807, 2.05) is 6.08 Å². The van der Waals surface area contributed by atoms with Gasteiger partial charge >= 0.3 is 0 Å². The molecule has 0 fully saturated rings. The first-order valence-electron chi connectivity index (χ1n) is 6.52. The number of benzene rings is 2. The summed E-state index contributed by atoms with van der Waals surface area (Å²) in [4.78, 5) is 0. The highest BCUT2D eigenvalue weighted by Gasteiger charge is 1.99. The molecule has 2 aromatic carbocycles. The number of rotatable bonds is 2. The van der Waals surface area contributed by atoms with Gasteiger partial charge < -0.3 is 0 Å². The van der Waals surface area contributed by atoms with Crippen LogP contribution in [0.1, 0.15) is 31.4 Å². The molecular formula is C18H22. The largest absolute Gasteiger partial charge is 0.0991 e. The topological polar surface area (TPSA) is 0 Å². The third-order valence-electron chi connectivity index (χ3n) is 2.59. The van der Waals surface area contributed by atoms with Crippen LogP contribution in [0.5, 0.6) is 0 Å². The van der Waals surface area contributed by atoms with Crippen molar-refractivity contribution in [2.45, 2.75) is 27.2 Å². The molecule has 0 heterocycles. The lowest BCUT2D eigenvalue weighted by atomic mass is 9.99. The minimum atomic E-state index is 1.25. The Balaban J connectivity index is 0.000000492. The maximum atomic E-state index is 3.70. The molecule has 0 aliphatic heterocycles. The van der Waals surface area contributed by atoms with Crippen LogP contribution >= 0.6 is 0 Å². The van der Waals surface area contributed by atoms with E-state index in [1.54, 1.807) is 6.08 Å². The fourth-order valence-corrected chi connectivity index (χ4v) is 1.79. The smallest absolute Gasteiger partial charge is 0.0109 e. The predicted octanol–water partition coefficient (Wildman–Crippen LogP) is 5.76. The molecule has 0 saturated carbocycles. The fraction of sp³-hybridized carbons (Fsp3) is 0.222. The van der Waals surface area contributed by atoms with Gasteiger partial charge in [-0.15, -0.1) is 0 Å². The van der Waals surface area contributed by atoms with Gasteiger partial charge in [0.25, 0.3) is 0 Å². The van der Waals surface area contributed by atoms with Gasteiger partial charge in [0.05, 0.1) is 0 Å². The van der Waals surface area contributed by atoms with Gasteiger partial charge in [-0.3, -0.25) is 0 Å². The van der Waals surface area contributed by atoms with Crippen LogP contribution in [0.2, 0.25) is 0 Å². The Hall–Kier alpha value is -1.82. The van der Waals surface area contributed by atoms with E-state index in [-0.39, 0.29) is 0 Å². The number of hydrogen-bond donors (Lipinski definition) is 0. The SMILES string of the molecule is C=C/C=C\c1c(C)ccc2ccccc12.CCC. The first kappa shape index (κ1) is 14.2. The molecule has 0 amide bonds. The highest BCUT2D eigenvalue weighted by Crippen LogP contribution is 2.23. The van der Waals surface area contributed by atoms with Crippen molar-refractivity contribution in [1.82, 2.24) is 0 Å². The summed E-state index contributed by atoms with van der Waals surface area (Å²) in [6.07, 6.45) is 7.15. The summed E-state index contributed by atoms with van der Waals surface area (Å²) in [5.74, 6) is 0. The van der Waals surface area contributed by atoms with E-state index in [9.17, 15) is 0 Å². The summed E-state index contributed by atoms with van der Waals surface area (Å²) >= 11 is 0. The van der Waals surface area contributed by atoms with E-state index in [1.165, 1.54) is 28.3 Å². The molecule has 0 atom stereocenters. The second-order valence-electron chi connectivity index (χ2n) is 4.32. The Labute approximate surface area is 111 Å². The molecule has 0 aliphatic rings. The van der Waals surface area contributed by atoms with E-state index >= 15 is 0 Å². The van der Waals surface area contributed by atoms with E-state index in [2.05, 4.69) is 69.8 Å². The van der Waals surface area contributed by atoms with Gasteiger partial charge in [-0.05, 0) is 28.8 Å². The summed E-state index contributed by atoms with van der Waals surface area (Å²) in [6.45, 7) is 10.1. The normalized spacial score (nSPS) is 10.2. The Morgan fingerprint density at radius 3 is 2.39 bits per heavy atom. The zero-order chi connectivity index (χ0) is 13.4. The Morgan fingerprint density at radius 1 is 1.06 bits per heavy atom. The van der Waals surface area contributed by atoms with Gasteiger partial charge in [-0.1, -0.05) is 81.5 Å². The van der Waals surface area contributed by atoms with E-state index in [4.69, 9.17) is 0 Å². The number of allylic oxidation sites excluding steroid dienone is 2. The van der Waals surface area contributed by atoms with Gasteiger partial charge in [0.1, 0.15) is 0 Å². The van der Waals surface area contributed by atoms with Crippen molar-refractivity contribution in [3.05, 3.63) is 66.3 Å². The minimum absolute atomic E-state index is 1.25. The molecule has 2 rings (SSSR count).